The van der Waals surface area contributed by atoms with Crippen molar-refractivity contribution in [2.24, 2.45) is 5.73 Å². The SMILES string of the molecule is NC(=O)c1cc(Br)ccc1O[C@H]1CCN(C(=O)Cc2ccc(OC(F)(F)F)cc2)C[C@@H]1F. The molecule has 172 valence electrons. The molecule has 6 nitrogen and oxygen atoms in total. The second kappa shape index (κ2) is 9.76. The molecule has 0 saturated carbocycles. The van der Waals surface area contributed by atoms with E-state index < -0.39 is 30.3 Å². The fourth-order valence-corrected chi connectivity index (χ4v) is 3.66. The molecule has 1 aliphatic rings. The highest BCUT2D eigenvalue weighted by molar-refractivity contribution is 9.10. The van der Waals surface area contributed by atoms with Crippen molar-refractivity contribution in [1.29, 1.82) is 0 Å². The van der Waals surface area contributed by atoms with Crippen molar-refractivity contribution in [3.05, 3.63) is 58.1 Å². The molecule has 1 fully saturated rings. The van der Waals surface area contributed by atoms with Gasteiger partial charge in [-0.3, -0.25) is 9.59 Å². The number of hydrogen-bond acceptors (Lipinski definition) is 4. The predicted octanol–water partition coefficient (Wildman–Crippen LogP) is 4.01. The molecule has 1 aliphatic heterocycles. The molecule has 0 radical (unpaired) electrons. The number of piperidine rings is 1. The molecular formula is C21H19BrF4N2O4. The first-order valence-corrected chi connectivity index (χ1v) is 10.3. The van der Waals surface area contributed by atoms with E-state index in [9.17, 15) is 27.2 Å². The fraction of sp³-hybridized carbons (Fsp3) is 0.333. The first-order chi connectivity index (χ1) is 15.0. The maximum Gasteiger partial charge on any atom is 0.573 e. The van der Waals surface area contributed by atoms with Gasteiger partial charge in [0.05, 0.1) is 18.5 Å². The quantitative estimate of drug-likeness (QED) is 0.586. The Morgan fingerprint density at radius 1 is 1.16 bits per heavy atom. The van der Waals surface area contributed by atoms with Crippen molar-refractivity contribution in [1.82, 2.24) is 4.90 Å². The summed E-state index contributed by atoms with van der Waals surface area (Å²) < 4.78 is 61.5. The molecule has 0 unspecified atom stereocenters. The molecule has 32 heavy (non-hydrogen) atoms. The average molecular weight is 519 g/mol. The van der Waals surface area contributed by atoms with Gasteiger partial charge in [-0.2, -0.15) is 0 Å². The molecule has 0 aromatic heterocycles. The highest BCUT2D eigenvalue weighted by atomic mass is 79.9. The van der Waals surface area contributed by atoms with Gasteiger partial charge in [0.1, 0.15) is 17.6 Å². The summed E-state index contributed by atoms with van der Waals surface area (Å²) >= 11 is 3.23. The number of ether oxygens (including phenoxy) is 2. The summed E-state index contributed by atoms with van der Waals surface area (Å²) in [5, 5.41) is 0. The highest BCUT2D eigenvalue weighted by Gasteiger charge is 2.34. The summed E-state index contributed by atoms with van der Waals surface area (Å²) in [5.41, 5.74) is 5.93. The highest BCUT2D eigenvalue weighted by Crippen LogP contribution is 2.28. The summed E-state index contributed by atoms with van der Waals surface area (Å²) in [4.78, 5) is 25.5. The van der Waals surface area contributed by atoms with Crippen molar-refractivity contribution < 1.29 is 36.6 Å². The summed E-state index contributed by atoms with van der Waals surface area (Å²) in [6.07, 6.45) is -7.06. The number of amides is 2. The summed E-state index contributed by atoms with van der Waals surface area (Å²) in [6, 6.07) is 9.56. The Kier molecular flexibility index (Phi) is 7.27. The van der Waals surface area contributed by atoms with Crippen LogP contribution < -0.4 is 15.2 Å². The molecule has 1 heterocycles. The maximum atomic E-state index is 14.7. The minimum absolute atomic E-state index is 0.0942. The van der Waals surface area contributed by atoms with Crippen LogP contribution in [0.25, 0.3) is 0 Å². The van der Waals surface area contributed by atoms with E-state index in [1.807, 2.05) is 0 Å². The first kappa shape index (κ1) is 23.8. The van der Waals surface area contributed by atoms with E-state index in [-0.39, 0.29) is 43.2 Å². The third-order valence-electron chi connectivity index (χ3n) is 4.83. The molecule has 2 amide bonds. The van der Waals surface area contributed by atoms with Gasteiger partial charge >= 0.3 is 6.36 Å². The van der Waals surface area contributed by atoms with Crippen LogP contribution in [-0.2, 0) is 11.2 Å². The zero-order valence-corrected chi connectivity index (χ0v) is 18.2. The predicted molar refractivity (Wildman–Crippen MR) is 110 cm³/mol. The standard InChI is InChI=1S/C21H19BrF4N2O4/c22-13-3-6-17(15(10-13)20(27)30)31-18-7-8-28(11-16(18)23)19(29)9-12-1-4-14(5-2-12)32-21(24,25)26/h1-6,10,16,18H,7-9,11H2,(H2,27,30)/t16-,18-/m0/s1. The molecule has 0 spiro atoms. The monoisotopic (exact) mass is 518 g/mol. The Balaban J connectivity index is 1.57. The van der Waals surface area contributed by atoms with Gasteiger partial charge < -0.3 is 20.1 Å². The molecule has 2 atom stereocenters. The lowest BCUT2D eigenvalue weighted by Crippen LogP contribution is -2.49. The Morgan fingerprint density at radius 3 is 2.44 bits per heavy atom. The first-order valence-electron chi connectivity index (χ1n) is 9.54. The van der Waals surface area contributed by atoms with Crippen LogP contribution >= 0.6 is 15.9 Å². The van der Waals surface area contributed by atoms with Crippen LogP contribution in [0.4, 0.5) is 17.6 Å². The second-order valence-electron chi connectivity index (χ2n) is 7.17. The van der Waals surface area contributed by atoms with Gasteiger partial charge in [0.25, 0.3) is 5.91 Å². The molecule has 0 bridgehead atoms. The number of hydrogen-bond donors (Lipinski definition) is 1. The summed E-state index contributed by atoms with van der Waals surface area (Å²) in [5.74, 6) is -1.30. The molecular weight excluding hydrogens is 500 g/mol. The van der Waals surface area contributed by atoms with Crippen molar-refractivity contribution in [2.75, 3.05) is 13.1 Å². The van der Waals surface area contributed by atoms with E-state index in [0.717, 1.165) is 12.1 Å². The topological polar surface area (TPSA) is 81.9 Å². The fourth-order valence-electron chi connectivity index (χ4n) is 3.30. The van der Waals surface area contributed by atoms with Crippen molar-refractivity contribution in [3.63, 3.8) is 0 Å². The van der Waals surface area contributed by atoms with Gasteiger partial charge in [-0.1, -0.05) is 28.1 Å². The third kappa shape index (κ3) is 6.35. The Bertz CT molecular complexity index is 985. The number of alkyl halides is 4. The van der Waals surface area contributed by atoms with Crippen LogP contribution in [0.1, 0.15) is 22.3 Å². The van der Waals surface area contributed by atoms with E-state index >= 15 is 0 Å². The maximum absolute atomic E-state index is 14.7. The lowest BCUT2D eigenvalue weighted by atomic mass is 10.0. The number of carbonyl (C=O) groups excluding carboxylic acids is 2. The van der Waals surface area contributed by atoms with Gasteiger partial charge in [-0.15, -0.1) is 13.2 Å². The van der Waals surface area contributed by atoms with Crippen LogP contribution in [0.15, 0.2) is 46.9 Å². The van der Waals surface area contributed by atoms with Crippen molar-refractivity contribution >= 4 is 27.7 Å². The molecule has 0 aliphatic carbocycles. The van der Waals surface area contributed by atoms with Crippen molar-refractivity contribution in [2.45, 2.75) is 31.5 Å². The van der Waals surface area contributed by atoms with Crippen LogP contribution in [0.3, 0.4) is 0 Å². The van der Waals surface area contributed by atoms with E-state index in [1.54, 1.807) is 6.07 Å². The molecule has 2 N–H and O–H groups in total. The minimum Gasteiger partial charge on any atom is -0.486 e. The molecule has 2 aromatic carbocycles. The smallest absolute Gasteiger partial charge is 0.486 e. The number of benzene rings is 2. The lowest BCUT2D eigenvalue weighted by molar-refractivity contribution is -0.274. The summed E-state index contributed by atoms with van der Waals surface area (Å²) in [6.45, 7) is 0.0167. The minimum atomic E-state index is -4.80. The zero-order valence-electron chi connectivity index (χ0n) is 16.6. The van der Waals surface area contributed by atoms with E-state index in [1.165, 1.54) is 29.2 Å². The van der Waals surface area contributed by atoms with Crippen LogP contribution in [0, 0.1) is 0 Å². The Labute approximate surface area is 189 Å². The van der Waals surface area contributed by atoms with Gasteiger partial charge in [-0.25, -0.2) is 4.39 Å². The Hall–Kier alpha value is -2.82. The number of nitrogens with zero attached hydrogens (tertiary/aromatic N) is 1. The van der Waals surface area contributed by atoms with Gasteiger partial charge in [0.2, 0.25) is 5.91 Å². The number of carbonyl (C=O) groups is 2. The summed E-state index contributed by atoms with van der Waals surface area (Å²) in [7, 11) is 0. The van der Waals surface area contributed by atoms with Crippen LogP contribution in [0.5, 0.6) is 11.5 Å². The van der Waals surface area contributed by atoms with Crippen LogP contribution in [-0.4, -0.2) is 48.4 Å². The normalized spacial score (nSPS) is 18.8. The second-order valence-corrected chi connectivity index (χ2v) is 8.09. The number of primary amides is 1. The molecule has 3 rings (SSSR count). The number of halogens is 5. The average Bonchev–Trinajstić information content (AvgIpc) is 2.70. The zero-order chi connectivity index (χ0) is 23.5. The van der Waals surface area contributed by atoms with E-state index in [2.05, 4.69) is 20.7 Å². The van der Waals surface area contributed by atoms with Gasteiger partial charge in [0, 0.05) is 17.4 Å². The number of likely N-dealkylation sites (tertiary alicyclic amines) is 1. The third-order valence-corrected chi connectivity index (χ3v) is 5.33. The van der Waals surface area contributed by atoms with Gasteiger partial charge in [-0.05, 0) is 35.9 Å². The van der Waals surface area contributed by atoms with E-state index in [4.69, 9.17) is 10.5 Å². The van der Waals surface area contributed by atoms with Gasteiger partial charge in [0.15, 0.2) is 6.17 Å². The van der Waals surface area contributed by atoms with Crippen molar-refractivity contribution in [3.8, 4) is 11.5 Å². The largest absolute Gasteiger partial charge is 0.573 e. The van der Waals surface area contributed by atoms with Crippen LogP contribution in [0.2, 0.25) is 0 Å². The number of rotatable bonds is 6. The molecule has 2 aromatic rings. The number of nitrogens with two attached hydrogens (primary N) is 1. The molecule has 11 heteroatoms. The Morgan fingerprint density at radius 2 is 1.84 bits per heavy atom. The molecule has 1 saturated heterocycles. The van der Waals surface area contributed by atoms with E-state index in [0.29, 0.717) is 10.0 Å². The lowest BCUT2D eigenvalue weighted by Gasteiger charge is -2.35.